The monoisotopic (exact) mass is 458 g/mol. The fourth-order valence-corrected chi connectivity index (χ4v) is 4.66. The van der Waals surface area contributed by atoms with E-state index in [4.69, 9.17) is 4.74 Å². The van der Waals surface area contributed by atoms with Gasteiger partial charge in [-0.2, -0.15) is 5.10 Å². The molecule has 8 nitrogen and oxygen atoms in total. The van der Waals surface area contributed by atoms with Gasteiger partial charge in [-0.25, -0.2) is 4.98 Å². The lowest BCUT2D eigenvalue weighted by Crippen LogP contribution is -2.34. The van der Waals surface area contributed by atoms with Crippen molar-refractivity contribution in [2.45, 2.75) is 33.4 Å². The molecule has 0 spiro atoms. The molecule has 0 amide bonds. The van der Waals surface area contributed by atoms with Gasteiger partial charge in [0, 0.05) is 56.4 Å². The van der Waals surface area contributed by atoms with Crippen LogP contribution in [-0.4, -0.2) is 50.5 Å². The summed E-state index contributed by atoms with van der Waals surface area (Å²) in [4.78, 5) is 22.7. The smallest absolute Gasteiger partial charge is 0.265 e. The minimum Gasteiger partial charge on any atom is -0.497 e. The summed E-state index contributed by atoms with van der Waals surface area (Å²) in [5, 5.41) is 4.77. The molecule has 0 radical (unpaired) electrons. The van der Waals surface area contributed by atoms with Gasteiger partial charge in [-0.15, -0.1) is 0 Å². The molecule has 0 atom stereocenters. The summed E-state index contributed by atoms with van der Waals surface area (Å²) >= 11 is 0. The third-order valence-electron chi connectivity index (χ3n) is 6.67. The second-order valence-corrected chi connectivity index (χ2v) is 9.15. The van der Waals surface area contributed by atoms with E-state index in [1.807, 2.05) is 25.2 Å². The number of benzene rings is 2. The quantitative estimate of drug-likeness (QED) is 0.463. The standard InChI is InChI=1S/C26H30N6O2/c1-17(2)30-8-9-31(25-12-21(34-5)10-18(3)23(25)15-30)19-6-7-24-22(11-19)26(33)32(16-27-24)20-13-28-29(4)14-20/h6-7,10-14,16-17H,8-9,15H2,1-5H3. The molecule has 0 bridgehead atoms. The van der Waals surface area contributed by atoms with E-state index in [-0.39, 0.29) is 5.56 Å². The molecule has 0 saturated carbocycles. The van der Waals surface area contributed by atoms with Crippen LogP contribution in [-0.2, 0) is 13.6 Å². The van der Waals surface area contributed by atoms with Crippen molar-refractivity contribution in [1.82, 2.24) is 24.2 Å². The van der Waals surface area contributed by atoms with E-state index in [0.29, 0.717) is 22.6 Å². The molecule has 176 valence electrons. The van der Waals surface area contributed by atoms with Crippen LogP contribution in [0, 0.1) is 6.92 Å². The summed E-state index contributed by atoms with van der Waals surface area (Å²) in [5.74, 6) is 0.834. The van der Waals surface area contributed by atoms with Crippen LogP contribution >= 0.6 is 0 Å². The predicted octanol–water partition coefficient (Wildman–Crippen LogP) is 3.80. The van der Waals surface area contributed by atoms with Crippen molar-refractivity contribution >= 4 is 22.3 Å². The molecule has 0 fully saturated rings. The third kappa shape index (κ3) is 3.84. The van der Waals surface area contributed by atoms with Crippen molar-refractivity contribution in [2.75, 3.05) is 25.1 Å². The zero-order valence-electron chi connectivity index (χ0n) is 20.3. The van der Waals surface area contributed by atoms with E-state index in [9.17, 15) is 4.79 Å². The highest BCUT2D eigenvalue weighted by Crippen LogP contribution is 2.37. The first-order chi connectivity index (χ1) is 16.4. The zero-order valence-corrected chi connectivity index (χ0v) is 20.3. The molecule has 4 aromatic rings. The third-order valence-corrected chi connectivity index (χ3v) is 6.67. The van der Waals surface area contributed by atoms with Crippen LogP contribution in [0.4, 0.5) is 11.4 Å². The highest BCUT2D eigenvalue weighted by atomic mass is 16.5. The van der Waals surface area contributed by atoms with Gasteiger partial charge in [0.1, 0.15) is 12.1 Å². The first kappa shape index (κ1) is 22.2. The Labute approximate surface area is 199 Å². The Bertz CT molecular complexity index is 1420. The molecule has 2 aromatic carbocycles. The Kier molecular flexibility index (Phi) is 5.61. The molecular weight excluding hydrogens is 428 g/mol. The number of nitrogens with zero attached hydrogens (tertiary/aromatic N) is 6. The van der Waals surface area contributed by atoms with Gasteiger partial charge in [0.15, 0.2) is 0 Å². The molecule has 0 unspecified atom stereocenters. The number of anilines is 2. The second kappa shape index (κ2) is 8.61. The average Bonchev–Trinajstić information content (AvgIpc) is 3.15. The van der Waals surface area contributed by atoms with Crippen LogP contribution in [0.1, 0.15) is 25.0 Å². The predicted molar refractivity (Wildman–Crippen MR) is 134 cm³/mol. The Morgan fingerprint density at radius 1 is 1.09 bits per heavy atom. The summed E-state index contributed by atoms with van der Waals surface area (Å²) < 4.78 is 8.82. The fourth-order valence-electron chi connectivity index (χ4n) is 4.66. The Balaban J connectivity index is 1.66. The molecule has 8 heteroatoms. The molecule has 0 saturated heterocycles. The van der Waals surface area contributed by atoms with E-state index in [1.165, 1.54) is 11.1 Å². The summed E-state index contributed by atoms with van der Waals surface area (Å²) in [5.41, 5.74) is 5.83. The highest BCUT2D eigenvalue weighted by Gasteiger charge is 2.25. The van der Waals surface area contributed by atoms with E-state index < -0.39 is 0 Å². The van der Waals surface area contributed by atoms with Crippen LogP contribution in [0.5, 0.6) is 5.75 Å². The molecule has 1 aliphatic heterocycles. The van der Waals surface area contributed by atoms with Crippen molar-refractivity contribution < 1.29 is 4.74 Å². The second-order valence-electron chi connectivity index (χ2n) is 9.15. The average molecular weight is 459 g/mol. The van der Waals surface area contributed by atoms with Gasteiger partial charge in [0.05, 0.1) is 29.9 Å². The minimum absolute atomic E-state index is 0.111. The van der Waals surface area contributed by atoms with E-state index in [2.05, 4.69) is 52.8 Å². The summed E-state index contributed by atoms with van der Waals surface area (Å²) in [6.45, 7) is 9.20. The summed E-state index contributed by atoms with van der Waals surface area (Å²) in [6.07, 6.45) is 5.04. The van der Waals surface area contributed by atoms with Gasteiger partial charge >= 0.3 is 0 Å². The zero-order chi connectivity index (χ0) is 24.0. The van der Waals surface area contributed by atoms with Gasteiger partial charge < -0.3 is 9.64 Å². The number of aryl methyl sites for hydroxylation is 2. The van der Waals surface area contributed by atoms with E-state index >= 15 is 0 Å². The molecular formula is C26H30N6O2. The van der Waals surface area contributed by atoms with Crippen LogP contribution in [0.3, 0.4) is 0 Å². The number of methoxy groups -OCH3 is 1. The van der Waals surface area contributed by atoms with Gasteiger partial charge in [0.25, 0.3) is 5.56 Å². The number of aromatic nitrogens is 4. The topological polar surface area (TPSA) is 68.4 Å². The van der Waals surface area contributed by atoms with Crippen molar-refractivity contribution in [3.8, 4) is 11.4 Å². The maximum atomic E-state index is 13.4. The molecule has 0 N–H and O–H groups in total. The van der Waals surface area contributed by atoms with E-state index in [0.717, 1.165) is 36.8 Å². The van der Waals surface area contributed by atoms with Crippen LogP contribution < -0.4 is 15.2 Å². The first-order valence-corrected chi connectivity index (χ1v) is 11.5. The lowest BCUT2D eigenvalue weighted by molar-refractivity contribution is 0.223. The van der Waals surface area contributed by atoms with Gasteiger partial charge in [-0.3, -0.25) is 18.9 Å². The summed E-state index contributed by atoms with van der Waals surface area (Å²) in [7, 11) is 3.53. The fraction of sp³-hybridized carbons (Fsp3) is 0.346. The molecule has 2 aromatic heterocycles. The van der Waals surface area contributed by atoms with Crippen LogP contribution in [0.15, 0.2) is 53.8 Å². The SMILES string of the molecule is COc1cc(C)c2c(c1)N(c1ccc3ncn(-c4cnn(C)c4)c(=O)c3c1)CCN(C(C)C)C2. The number of fused-ring (bicyclic) bond motifs is 2. The van der Waals surface area contributed by atoms with Crippen LogP contribution in [0.2, 0.25) is 0 Å². The lowest BCUT2D eigenvalue weighted by atomic mass is 10.0. The largest absolute Gasteiger partial charge is 0.497 e. The van der Waals surface area contributed by atoms with Crippen LogP contribution in [0.25, 0.3) is 16.6 Å². The lowest BCUT2D eigenvalue weighted by Gasteiger charge is -2.26. The van der Waals surface area contributed by atoms with Gasteiger partial charge in [-0.05, 0) is 56.2 Å². The van der Waals surface area contributed by atoms with Crippen molar-refractivity contribution in [3.05, 3.63) is 70.5 Å². The normalized spacial score (nSPS) is 14.5. The van der Waals surface area contributed by atoms with Gasteiger partial charge in [-0.1, -0.05) is 0 Å². The van der Waals surface area contributed by atoms with Crippen molar-refractivity contribution in [1.29, 1.82) is 0 Å². The Hall–Kier alpha value is -3.65. The van der Waals surface area contributed by atoms with Crippen molar-refractivity contribution in [2.24, 2.45) is 7.05 Å². The van der Waals surface area contributed by atoms with Gasteiger partial charge in [0.2, 0.25) is 0 Å². The molecule has 34 heavy (non-hydrogen) atoms. The Morgan fingerprint density at radius 3 is 2.62 bits per heavy atom. The minimum atomic E-state index is -0.111. The number of rotatable bonds is 4. The number of hydrogen-bond donors (Lipinski definition) is 0. The van der Waals surface area contributed by atoms with E-state index in [1.54, 1.807) is 35.1 Å². The highest BCUT2D eigenvalue weighted by molar-refractivity contribution is 5.84. The van der Waals surface area contributed by atoms with Crippen molar-refractivity contribution in [3.63, 3.8) is 0 Å². The number of hydrogen-bond acceptors (Lipinski definition) is 6. The molecule has 5 rings (SSSR count). The molecule has 1 aliphatic rings. The molecule has 0 aliphatic carbocycles. The number of ether oxygens (including phenoxy) is 1. The Morgan fingerprint density at radius 2 is 1.91 bits per heavy atom. The maximum Gasteiger partial charge on any atom is 0.265 e. The summed E-state index contributed by atoms with van der Waals surface area (Å²) in [6, 6.07) is 10.6. The molecule has 3 heterocycles. The maximum absolute atomic E-state index is 13.4. The first-order valence-electron chi connectivity index (χ1n) is 11.5.